The Bertz CT molecular complexity index is 1100. The second-order valence-corrected chi connectivity index (χ2v) is 7.14. The minimum Gasteiger partial charge on any atom is -0.330 e. The van der Waals surface area contributed by atoms with E-state index < -0.39 is 0 Å². The Morgan fingerprint density at radius 3 is 2.79 bits per heavy atom. The van der Waals surface area contributed by atoms with Crippen molar-refractivity contribution in [1.29, 1.82) is 5.26 Å². The van der Waals surface area contributed by atoms with Crippen LogP contribution in [0.15, 0.2) is 30.5 Å². The zero-order valence-corrected chi connectivity index (χ0v) is 16.0. The van der Waals surface area contributed by atoms with Gasteiger partial charge in [-0.05, 0) is 57.0 Å². The number of hydrogen-bond acceptors (Lipinski definition) is 5. The van der Waals surface area contributed by atoms with Crippen molar-refractivity contribution in [1.82, 2.24) is 25.1 Å². The molecule has 0 spiro atoms. The van der Waals surface area contributed by atoms with Crippen LogP contribution in [0, 0.1) is 25.2 Å². The predicted octanol–water partition coefficient (Wildman–Crippen LogP) is 2.94. The fourth-order valence-corrected chi connectivity index (χ4v) is 3.73. The Morgan fingerprint density at radius 2 is 2.11 bits per heavy atom. The first-order valence-electron chi connectivity index (χ1n) is 9.15. The molecule has 3 aromatic rings. The van der Waals surface area contributed by atoms with Crippen LogP contribution in [0.25, 0.3) is 11.4 Å². The molecule has 2 aromatic heterocycles. The number of hydrogen-bond donors (Lipinski definition) is 1. The van der Waals surface area contributed by atoms with Gasteiger partial charge in [-0.25, -0.2) is 9.97 Å². The molecule has 0 aliphatic carbocycles. The fourth-order valence-electron chi connectivity index (χ4n) is 3.73. The highest BCUT2D eigenvalue weighted by Crippen LogP contribution is 2.30. The fraction of sp³-hybridized carbons (Fsp3) is 0.286. The quantitative estimate of drug-likeness (QED) is 0.746. The summed E-state index contributed by atoms with van der Waals surface area (Å²) < 4.78 is 0. The van der Waals surface area contributed by atoms with Crippen molar-refractivity contribution in [3.63, 3.8) is 0 Å². The van der Waals surface area contributed by atoms with Gasteiger partial charge in [-0.15, -0.1) is 0 Å². The number of aromatic nitrogens is 4. The third-order valence-electron chi connectivity index (χ3n) is 5.16. The summed E-state index contributed by atoms with van der Waals surface area (Å²) in [4.78, 5) is 24.3. The molecule has 28 heavy (non-hydrogen) atoms. The Labute approximate surface area is 163 Å². The summed E-state index contributed by atoms with van der Waals surface area (Å²) in [5.41, 5.74) is 5.62. The molecule has 140 valence electrons. The normalized spacial score (nSPS) is 15.8. The van der Waals surface area contributed by atoms with Crippen LogP contribution in [-0.2, 0) is 13.0 Å². The number of nitriles is 1. The van der Waals surface area contributed by atoms with E-state index in [0.29, 0.717) is 29.9 Å². The number of rotatable bonds is 2. The molecule has 0 fully saturated rings. The van der Waals surface area contributed by atoms with Crippen molar-refractivity contribution in [2.24, 2.45) is 0 Å². The van der Waals surface area contributed by atoms with Crippen molar-refractivity contribution in [3.05, 3.63) is 64.2 Å². The first-order chi connectivity index (χ1) is 13.5. The number of nitrogens with one attached hydrogen (secondary N) is 1. The smallest absolute Gasteiger partial charge is 0.254 e. The van der Waals surface area contributed by atoms with E-state index in [-0.39, 0.29) is 11.9 Å². The molecule has 1 aliphatic heterocycles. The molecule has 0 saturated carbocycles. The first kappa shape index (κ1) is 17.9. The van der Waals surface area contributed by atoms with Crippen LogP contribution in [0.1, 0.15) is 45.5 Å². The molecule has 1 amide bonds. The van der Waals surface area contributed by atoms with Crippen LogP contribution in [0.5, 0.6) is 0 Å². The lowest BCUT2D eigenvalue weighted by molar-refractivity contribution is 0.0653. The minimum absolute atomic E-state index is 0.00280. The molecule has 1 unspecified atom stereocenters. The summed E-state index contributed by atoms with van der Waals surface area (Å²) in [6, 6.07) is 9.18. The van der Waals surface area contributed by atoms with Crippen molar-refractivity contribution in [2.75, 3.05) is 0 Å². The Hall–Kier alpha value is -3.53. The van der Waals surface area contributed by atoms with Gasteiger partial charge in [-0.1, -0.05) is 0 Å². The molecule has 3 heterocycles. The van der Waals surface area contributed by atoms with Gasteiger partial charge in [0.15, 0.2) is 0 Å². The van der Waals surface area contributed by atoms with E-state index in [9.17, 15) is 4.79 Å². The lowest BCUT2D eigenvalue weighted by atomic mass is 9.94. The van der Waals surface area contributed by atoms with E-state index in [0.717, 1.165) is 28.2 Å². The Morgan fingerprint density at radius 1 is 1.29 bits per heavy atom. The predicted molar refractivity (Wildman–Crippen MR) is 103 cm³/mol. The zero-order chi connectivity index (χ0) is 19.8. The van der Waals surface area contributed by atoms with Crippen LogP contribution < -0.4 is 0 Å². The van der Waals surface area contributed by atoms with Gasteiger partial charge >= 0.3 is 0 Å². The van der Waals surface area contributed by atoms with E-state index in [1.807, 2.05) is 31.7 Å². The average molecular weight is 372 g/mol. The summed E-state index contributed by atoms with van der Waals surface area (Å²) in [5, 5.41) is 16.1. The van der Waals surface area contributed by atoms with E-state index in [4.69, 9.17) is 5.26 Å². The molecule has 7 heteroatoms. The monoisotopic (exact) mass is 372 g/mol. The van der Waals surface area contributed by atoms with Gasteiger partial charge in [0.2, 0.25) is 0 Å². The van der Waals surface area contributed by atoms with Crippen molar-refractivity contribution in [2.45, 2.75) is 39.8 Å². The number of carbonyl (C=O) groups is 1. The summed E-state index contributed by atoms with van der Waals surface area (Å²) in [6.45, 7) is 6.18. The maximum Gasteiger partial charge on any atom is 0.254 e. The Balaban J connectivity index is 1.71. The largest absolute Gasteiger partial charge is 0.330 e. The number of fused-ring (bicyclic) bond motifs is 1. The maximum absolute atomic E-state index is 13.2. The van der Waals surface area contributed by atoms with Crippen molar-refractivity contribution in [3.8, 4) is 17.5 Å². The number of H-pyrrole nitrogens is 1. The molecule has 7 nitrogen and oxygen atoms in total. The average Bonchev–Trinajstić information content (AvgIpc) is 3.21. The number of nitrogens with zero attached hydrogens (tertiary/aromatic N) is 5. The maximum atomic E-state index is 13.2. The highest BCUT2D eigenvalue weighted by Gasteiger charge is 2.31. The first-order valence-corrected chi connectivity index (χ1v) is 9.15. The molecule has 4 rings (SSSR count). The topological polar surface area (TPSA) is 98.6 Å². The number of benzene rings is 1. The molecular weight excluding hydrogens is 352 g/mol. The standard InChI is InChI=1S/C21H20N6O/c1-12-8-15(10-22)4-5-16(12)21(28)27-11-19-17(9-13(27)2)20(25-14(3)24-19)18-6-7-23-26-18/h4-8,13H,9,11H2,1-3H3,(H,23,26). The second kappa shape index (κ2) is 6.89. The second-order valence-electron chi connectivity index (χ2n) is 7.14. The number of amides is 1. The molecule has 1 N–H and O–H groups in total. The van der Waals surface area contributed by atoms with Gasteiger partial charge in [0, 0.05) is 23.4 Å². The highest BCUT2D eigenvalue weighted by atomic mass is 16.2. The van der Waals surface area contributed by atoms with Crippen molar-refractivity contribution < 1.29 is 4.79 Å². The molecule has 1 atom stereocenters. The van der Waals surface area contributed by atoms with Gasteiger partial charge in [-0.2, -0.15) is 10.4 Å². The lowest BCUT2D eigenvalue weighted by Crippen LogP contribution is -2.43. The molecule has 0 radical (unpaired) electrons. The number of aryl methyl sites for hydroxylation is 2. The van der Waals surface area contributed by atoms with Crippen LogP contribution in [-0.4, -0.2) is 37.0 Å². The van der Waals surface area contributed by atoms with Gasteiger partial charge in [0.1, 0.15) is 5.82 Å². The number of aromatic amines is 1. The minimum atomic E-state index is -0.0421. The van der Waals surface area contributed by atoms with Crippen LogP contribution in [0.4, 0.5) is 0 Å². The van der Waals surface area contributed by atoms with Crippen LogP contribution in [0.2, 0.25) is 0 Å². The van der Waals surface area contributed by atoms with Gasteiger partial charge in [-0.3, -0.25) is 9.89 Å². The molecule has 1 aromatic carbocycles. The van der Waals surface area contributed by atoms with Crippen LogP contribution in [0.3, 0.4) is 0 Å². The third-order valence-corrected chi connectivity index (χ3v) is 5.16. The van der Waals surface area contributed by atoms with E-state index in [1.54, 1.807) is 24.4 Å². The third kappa shape index (κ3) is 3.03. The van der Waals surface area contributed by atoms with E-state index in [1.165, 1.54) is 0 Å². The van der Waals surface area contributed by atoms with Gasteiger partial charge in [0.25, 0.3) is 5.91 Å². The lowest BCUT2D eigenvalue weighted by Gasteiger charge is -2.35. The number of carbonyl (C=O) groups excluding carboxylic acids is 1. The summed E-state index contributed by atoms with van der Waals surface area (Å²) >= 11 is 0. The Kier molecular flexibility index (Phi) is 4.40. The SMILES string of the molecule is Cc1nc2c(c(-c3ccn[nH]3)n1)CC(C)N(C(=O)c1ccc(C#N)cc1C)C2. The van der Waals surface area contributed by atoms with Gasteiger partial charge < -0.3 is 4.90 Å². The molecule has 1 aliphatic rings. The van der Waals surface area contributed by atoms with Crippen LogP contribution >= 0.6 is 0 Å². The summed E-state index contributed by atoms with van der Waals surface area (Å²) in [6.07, 6.45) is 2.37. The van der Waals surface area contributed by atoms with E-state index in [2.05, 4.69) is 26.2 Å². The summed E-state index contributed by atoms with van der Waals surface area (Å²) in [5.74, 6) is 0.624. The molecule has 0 saturated heterocycles. The van der Waals surface area contributed by atoms with Gasteiger partial charge in [0.05, 0.1) is 35.3 Å². The van der Waals surface area contributed by atoms with E-state index >= 15 is 0 Å². The molecular formula is C21H20N6O. The highest BCUT2D eigenvalue weighted by molar-refractivity contribution is 5.96. The van der Waals surface area contributed by atoms with Crippen molar-refractivity contribution >= 4 is 5.91 Å². The zero-order valence-electron chi connectivity index (χ0n) is 16.0. The summed E-state index contributed by atoms with van der Waals surface area (Å²) in [7, 11) is 0. The molecule has 0 bridgehead atoms.